The molecule has 4 rings (SSSR count). The van der Waals surface area contributed by atoms with E-state index in [1.807, 2.05) is 30.0 Å². The molecule has 3 aromatic rings. The van der Waals surface area contributed by atoms with Gasteiger partial charge >= 0.3 is 0 Å². The van der Waals surface area contributed by atoms with Crippen LogP contribution in [0, 0.1) is 5.82 Å². The zero-order chi connectivity index (χ0) is 25.2. The Morgan fingerprint density at radius 2 is 1.67 bits per heavy atom. The molecule has 0 spiro atoms. The summed E-state index contributed by atoms with van der Waals surface area (Å²) in [5.74, 6) is 2.09. The second-order valence-electron chi connectivity index (χ2n) is 7.98. The van der Waals surface area contributed by atoms with Crippen LogP contribution < -0.4 is 19.1 Å². The Morgan fingerprint density at radius 1 is 0.944 bits per heavy atom. The number of aromatic nitrogens is 2. The van der Waals surface area contributed by atoms with Crippen LogP contribution in [-0.2, 0) is 4.79 Å². The van der Waals surface area contributed by atoms with Crippen LogP contribution in [0.5, 0.6) is 17.2 Å². The SMILES string of the molecule is CCOc1cc(C=CC(=O)N2CCN(c3ncccn3)CC2)ccc1OCCOc1ccc(F)cc1. The van der Waals surface area contributed by atoms with E-state index in [9.17, 15) is 9.18 Å². The Kier molecular flexibility index (Phi) is 8.69. The molecule has 0 aliphatic carbocycles. The Hall–Kier alpha value is -4.14. The second kappa shape index (κ2) is 12.5. The van der Waals surface area contributed by atoms with Crippen molar-refractivity contribution in [2.45, 2.75) is 6.92 Å². The van der Waals surface area contributed by atoms with Crippen molar-refractivity contribution in [3.63, 3.8) is 0 Å². The van der Waals surface area contributed by atoms with Gasteiger partial charge in [-0.1, -0.05) is 6.07 Å². The first kappa shape index (κ1) is 25.0. The molecule has 2 aromatic carbocycles. The number of carbonyl (C=O) groups is 1. The van der Waals surface area contributed by atoms with Crippen LogP contribution in [0.3, 0.4) is 0 Å². The third-order valence-corrected chi connectivity index (χ3v) is 5.54. The quantitative estimate of drug-likeness (QED) is 0.314. The summed E-state index contributed by atoms with van der Waals surface area (Å²) in [4.78, 5) is 25.1. The van der Waals surface area contributed by atoms with E-state index in [0.717, 1.165) is 5.56 Å². The van der Waals surface area contributed by atoms with E-state index in [1.54, 1.807) is 42.7 Å². The van der Waals surface area contributed by atoms with E-state index in [4.69, 9.17) is 14.2 Å². The molecule has 0 bridgehead atoms. The number of nitrogens with zero attached hydrogens (tertiary/aromatic N) is 4. The van der Waals surface area contributed by atoms with E-state index in [1.165, 1.54) is 12.1 Å². The fourth-order valence-electron chi connectivity index (χ4n) is 3.71. The van der Waals surface area contributed by atoms with Crippen molar-refractivity contribution in [3.8, 4) is 17.2 Å². The molecule has 0 radical (unpaired) electrons. The molecule has 0 N–H and O–H groups in total. The van der Waals surface area contributed by atoms with E-state index in [-0.39, 0.29) is 11.7 Å². The standard InChI is InChI=1S/C27H29FN4O4/c1-2-34-25-20-21(4-10-24(25)36-19-18-35-23-8-6-22(28)7-9-23)5-11-26(33)31-14-16-32(17-15-31)27-29-12-3-13-30-27/h3-13,20H,2,14-19H2,1H3. The number of anilines is 1. The topological polar surface area (TPSA) is 77.0 Å². The molecule has 1 aliphatic rings. The molecule has 1 aliphatic heterocycles. The van der Waals surface area contributed by atoms with Gasteiger partial charge in [0, 0.05) is 44.6 Å². The van der Waals surface area contributed by atoms with E-state index < -0.39 is 0 Å². The summed E-state index contributed by atoms with van der Waals surface area (Å²) in [6, 6.07) is 13.1. The van der Waals surface area contributed by atoms with Gasteiger partial charge in [0.25, 0.3) is 0 Å². The molecule has 0 atom stereocenters. The summed E-state index contributed by atoms with van der Waals surface area (Å²) in [5.41, 5.74) is 0.832. The predicted octanol–water partition coefficient (Wildman–Crippen LogP) is 3.83. The van der Waals surface area contributed by atoms with Gasteiger partial charge in [0.05, 0.1) is 6.61 Å². The van der Waals surface area contributed by atoms with Crippen molar-refractivity contribution in [2.75, 3.05) is 50.9 Å². The van der Waals surface area contributed by atoms with Gasteiger partial charge in [-0.05, 0) is 61.0 Å². The molecule has 0 unspecified atom stereocenters. The van der Waals surface area contributed by atoms with Crippen molar-refractivity contribution >= 4 is 17.9 Å². The average molecular weight is 493 g/mol. The minimum absolute atomic E-state index is 0.0418. The molecule has 36 heavy (non-hydrogen) atoms. The third-order valence-electron chi connectivity index (χ3n) is 5.54. The number of amides is 1. The average Bonchev–Trinajstić information content (AvgIpc) is 2.92. The molecule has 1 saturated heterocycles. The third kappa shape index (κ3) is 6.94. The first-order chi connectivity index (χ1) is 17.6. The van der Waals surface area contributed by atoms with Gasteiger partial charge in [0.2, 0.25) is 11.9 Å². The lowest BCUT2D eigenvalue weighted by Crippen LogP contribution is -2.48. The maximum absolute atomic E-state index is 13.0. The number of piperazine rings is 1. The van der Waals surface area contributed by atoms with Gasteiger partial charge in [-0.25, -0.2) is 14.4 Å². The van der Waals surface area contributed by atoms with E-state index in [2.05, 4.69) is 14.9 Å². The van der Waals surface area contributed by atoms with Gasteiger partial charge in [-0.2, -0.15) is 0 Å². The normalized spacial score (nSPS) is 13.6. The van der Waals surface area contributed by atoms with Crippen molar-refractivity contribution in [3.05, 3.63) is 78.4 Å². The van der Waals surface area contributed by atoms with Gasteiger partial charge in [-0.15, -0.1) is 0 Å². The Labute approximate surface area is 209 Å². The Bertz CT molecular complexity index is 1150. The fraction of sp³-hybridized carbons (Fsp3) is 0.296. The van der Waals surface area contributed by atoms with Crippen LogP contribution in [-0.4, -0.2) is 66.8 Å². The van der Waals surface area contributed by atoms with E-state index >= 15 is 0 Å². The van der Waals surface area contributed by atoms with Crippen molar-refractivity contribution in [1.82, 2.24) is 14.9 Å². The summed E-state index contributed by atoms with van der Waals surface area (Å²) >= 11 is 0. The molecule has 9 heteroatoms. The monoisotopic (exact) mass is 492 g/mol. The number of ether oxygens (including phenoxy) is 3. The van der Waals surface area contributed by atoms with Crippen LogP contribution in [0.25, 0.3) is 6.08 Å². The molecule has 1 aromatic heterocycles. The second-order valence-corrected chi connectivity index (χ2v) is 7.98. The van der Waals surface area contributed by atoms with Crippen LogP contribution in [0.4, 0.5) is 10.3 Å². The lowest BCUT2D eigenvalue weighted by molar-refractivity contribution is -0.126. The summed E-state index contributed by atoms with van der Waals surface area (Å²) in [6.07, 6.45) is 6.80. The first-order valence-electron chi connectivity index (χ1n) is 11.9. The van der Waals surface area contributed by atoms with Crippen LogP contribution in [0.2, 0.25) is 0 Å². The van der Waals surface area contributed by atoms with Gasteiger partial charge in [0.15, 0.2) is 11.5 Å². The highest BCUT2D eigenvalue weighted by molar-refractivity contribution is 5.92. The number of halogens is 1. The first-order valence-corrected chi connectivity index (χ1v) is 11.9. The van der Waals surface area contributed by atoms with Crippen LogP contribution >= 0.6 is 0 Å². The Morgan fingerprint density at radius 3 is 2.39 bits per heavy atom. The summed E-state index contributed by atoms with van der Waals surface area (Å²) in [6.45, 7) is 5.57. The fourth-order valence-corrected chi connectivity index (χ4v) is 3.71. The summed E-state index contributed by atoms with van der Waals surface area (Å²) < 4.78 is 30.1. The highest BCUT2D eigenvalue weighted by Gasteiger charge is 2.21. The lowest BCUT2D eigenvalue weighted by Gasteiger charge is -2.34. The molecule has 0 saturated carbocycles. The maximum atomic E-state index is 13.0. The van der Waals surface area contributed by atoms with Gasteiger partial charge < -0.3 is 24.0 Å². The minimum atomic E-state index is -0.309. The van der Waals surface area contributed by atoms with Gasteiger partial charge in [0.1, 0.15) is 24.8 Å². The molecular weight excluding hydrogens is 463 g/mol. The zero-order valence-corrected chi connectivity index (χ0v) is 20.2. The number of hydrogen-bond donors (Lipinski definition) is 0. The smallest absolute Gasteiger partial charge is 0.246 e. The molecular formula is C27H29FN4O4. The molecule has 2 heterocycles. The highest BCUT2D eigenvalue weighted by atomic mass is 19.1. The molecule has 8 nitrogen and oxygen atoms in total. The van der Waals surface area contributed by atoms with Crippen molar-refractivity contribution < 1.29 is 23.4 Å². The number of rotatable bonds is 10. The molecule has 188 valence electrons. The van der Waals surface area contributed by atoms with Crippen LogP contribution in [0.1, 0.15) is 12.5 Å². The van der Waals surface area contributed by atoms with Crippen LogP contribution in [0.15, 0.2) is 67.0 Å². The zero-order valence-electron chi connectivity index (χ0n) is 20.2. The molecule has 1 amide bonds. The largest absolute Gasteiger partial charge is 0.490 e. The van der Waals surface area contributed by atoms with Crippen molar-refractivity contribution in [1.29, 1.82) is 0 Å². The summed E-state index contributed by atoms with van der Waals surface area (Å²) in [7, 11) is 0. The summed E-state index contributed by atoms with van der Waals surface area (Å²) in [5, 5.41) is 0. The predicted molar refractivity (Wildman–Crippen MR) is 135 cm³/mol. The minimum Gasteiger partial charge on any atom is -0.490 e. The van der Waals surface area contributed by atoms with E-state index in [0.29, 0.717) is 69.2 Å². The Balaban J connectivity index is 1.28. The van der Waals surface area contributed by atoms with Gasteiger partial charge in [-0.3, -0.25) is 4.79 Å². The molecule has 1 fully saturated rings. The number of benzene rings is 2. The highest BCUT2D eigenvalue weighted by Crippen LogP contribution is 2.29. The van der Waals surface area contributed by atoms with Crippen molar-refractivity contribution in [2.24, 2.45) is 0 Å². The maximum Gasteiger partial charge on any atom is 0.246 e. The number of carbonyl (C=O) groups excluding carboxylic acids is 1. The lowest BCUT2D eigenvalue weighted by atomic mass is 10.2. The number of hydrogen-bond acceptors (Lipinski definition) is 7.